The number of allylic oxidation sites excluding steroid dienone is 1. The first-order valence-electron chi connectivity index (χ1n) is 9.51. The lowest BCUT2D eigenvalue weighted by Crippen LogP contribution is -2.51. The molecule has 8 atom stereocenters. The molecule has 0 aliphatic heterocycles. The Morgan fingerprint density at radius 2 is 1.78 bits per heavy atom. The molecule has 0 bridgehead atoms. The van der Waals surface area contributed by atoms with E-state index < -0.39 is 0 Å². The van der Waals surface area contributed by atoms with E-state index in [4.69, 9.17) is 0 Å². The van der Waals surface area contributed by atoms with Crippen LogP contribution in [-0.4, -0.2) is 22.4 Å². The van der Waals surface area contributed by atoms with Crippen LogP contribution in [0.15, 0.2) is 11.4 Å². The van der Waals surface area contributed by atoms with Gasteiger partial charge in [-0.25, -0.2) is 4.39 Å². The molecule has 0 aromatic rings. The Balaban J connectivity index is 1.73. The van der Waals surface area contributed by atoms with E-state index in [0.29, 0.717) is 36.5 Å². The number of halogens is 1. The fourth-order valence-electron chi connectivity index (χ4n) is 7.05. The molecule has 0 aromatic heterocycles. The standard InChI is InChI=1S/C20H31FO2/c1-11-8-15-13-10-17(21)16-9-12(22)4-6-19(16,2)14(13)5-7-20(15,3)18(11)23/h11-15,18,22-23H,4-10H2,1-3H3/t11-,12?,13-,14+,15+,18?,19-,20+/m1/s1. The topological polar surface area (TPSA) is 40.5 Å². The van der Waals surface area contributed by atoms with Gasteiger partial charge < -0.3 is 10.2 Å². The van der Waals surface area contributed by atoms with Crippen molar-refractivity contribution in [3.63, 3.8) is 0 Å². The summed E-state index contributed by atoms with van der Waals surface area (Å²) < 4.78 is 15.0. The van der Waals surface area contributed by atoms with Gasteiger partial charge in [-0.1, -0.05) is 20.8 Å². The Labute approximate surface area is 139 Å². The second-order valence-corrected chi connectivity index (χ2v) is 9.48. The number of rotatable bonds is 0. The fraction of sp³-hybridized carbons (Fsp3) is 0.900. The molecule has 0 spiro atoms. The fourth-order valence-corrected chi connectivity index (χ4v) is 7.05. The van der Waals surface area contributed by atoms with Crippen LogP contribution < -0.4 is 0 Å². The highest BCUT2D eigenvalue weighted by Gasteiger charge is 2.61. The Kier molecular flexibility index (Phi) is 3.53. The molecule has 3 fully saturated rings. The molecule has 130 valence electrons. The summed E-state index contributed by atoms with van der Waals surface area (Å²) in [5.41, 5.74) is 0.834. The molecule has 3 saturated carbocycles. The molecule has 0 amide bonds. The Morgan fingerprint density at radius 1 is 1.04 bits per heavy atom. The maximum atomic E-state index is 15.0. The van der Waals surface area contributed by atoms with Crippen molar-refractivity contribution in [2.75, 3.05) is 0 Å². The van der Waals surface area contributed by atoms with Gasteiger partial charge in [0, 0.05) is 6.42 Å². The first-order chi connectivity index (χ1) is 10.8. The van der Waals surface area contributed by atoms with Crippen molar-refractivity contribution >= 4 is 0 Å². The maximum absolute atomic E-state index is 15.0. The van der Waals surface area contributed by atoms with Crippen LogP contribution in [0.2, 0.25) is 0 Å². The monoisotopic (exact) mass is 322 g/mol. The minimum atomic E-state index is -0.359. The highest BCUT2D eigenvalue weighted by Crippen LogP contribution is 2.66. The number of hydrogen-bond acceptors (Lipinski definition) is 2. The van der Waals surface area contributed by atoms with E-state index in [1.54, 1.807) is 0 Å². The van der Waals surface area contributed by atoms with Crippen molar-refractivity contribution in [2.24, 2.45) is 34.5 Å². The van der Waals surface area contributed by atoms with Crippen molar-refractivity contribution in [3.05, 3.63) is 11.4 Å². The van der Waals surface area contributed by atoms with Gasteiger partial charge >= 0.3 is 0 Å². The molecular weight excluding hydrogens is 291 g/mol. The summed E-state index contributed by atoms with van der Waals surface area (Å²) in [6.07, 6.45) is 5.42. The van der Waals surface area contributed by atoms with Crippen LogP contribution >= 0.6 is 0 Å². The Bertz CT molecular complexity index is 544. The second kappa shape index (κ2) is 5.05. The third-order valence-corrected chi connectivity index (χ3v) is 8.40. The van der Waals surface area contributed by atoms with Crippen LogP contribution in [0.5, 0.6) is 0 Å². The normalized spacial score (nSPS) is 56.1. The van der Waals surface area contributed by atoms with Crippen LogP contribution in [0.1, 0.15) is 65.7 Å². The molecule has 4 rings (SSSR count). The van der Waals surface area contributed by atoms with Crippen LogP contribution in [-0.2, 0) is 0 Å². The summed E-state index contributed by atoms with van der Waals surface area (Å²) in [6, 6.07) is 0. The highest BCUT2D eigenvalue weighted by atomic mass is 19.1. The molecule has 4 aliphatic rings. The summed E-state index contributed by atoms with van der Waals surface area (Å²) in [6.45, 7) is 6.65. The molecule has 23 heavy (non-hydrogen) atoms. The average molecular weight is 322 g/mol. The molecule has 3 heteroatoms. The van der Waals surface area contributed by atoms with Crippen molar-refractivity contribution in [1.82, 2.24) is 0 Å². The molecular formula is C20H31FO2. The van der Waals surface area contributed by atoms with Crippen molar-refractivity contribution in [3.8, 4) is 0 Å². The predicted molar refractivity (Wildman–Crippen MR) is 88.3 cm³/mol. The number of fused-ring (bicyclic) bond motifs is 5. The summed E-state index contributed by atoms with van der Waals surface area (Å²) in [7, 11) is 0. The zero-order valence-electron chi connectivity index (χ0n) is 14.7. The predicted octanol–water partition coefficient (Wildman–Crippen LogP) is 4.21. The third kappa shape index (κ3) is 2.05. The number of hydrogen-bond donors (Lipinski definition) is 2. The van der Waals surface area contributed by atoms with E-state index >= 15 is 0 Å². The zero-order chi connectivity index (χ0) is 16.6. The van der Waals surface area contributed by atoms with Gasteiger partial charge in [0.15, 0.2) is 0 Å². The lowest BCUT2D eigenvalue weighted by Gasteiger charge is -2.57. The van der Waals surface area contributed by atoms with Gasteiger partial charge in [-0.3, -0.25) is 0 Å². The summed E-state index contributed by atoms with van der Waals surface area (Å²) in [5.74, 6) is 1.74. The molecule has 2 nitrogen and oxygen atoms in total. The molecule has 2 unspecified atom stereocenters. The summed E-state index contributed by atoms with van der Waals surface area (Å²) >= 11 is 0. The minimum Gasteiger partial charge on any atom is -0.393 e. The molecule has 0 saturated heterocycles. The first-order valence-corrected chi connectivity index (χ1v) is 9.51. The molecule has 0 radical (unpaired) electrons. The quantitative estimate of drug-likeness (QED) is 0.701. The van der Waals surface area contributed by atoms with E-state index in [1.165, 1.54) is 0 Å². The van der Waals surface area contributed by atoms with Crippen molar-refractivity contribution in [1.29, 1.82) is 0 Å². The van der Waals surface area contributed by atoms with E-state index in [9.17, 15) is 14.6 Å². The van der Waals surface area contributed by atoms with Gasteiger partial charge in [-0.15, -0.1) is 0 Å². The van der Waals surface area contributed by atoms with Gasteiger partial charge in [0.25, 0.3) is 0 Å². The summed E-state index contributed by atoms with van der Waals surface area (Å²) in [4.78, 5) is 0. The largest absolute Gasteiger partial charge is 0.393 e. The first kappa shape index (κ1) is 16.1. The summed E-state index contributed by atoms with van der Waals surface area (Å²) in [5, 5.41) is 20.7. The van der Waals surface area contributed by atoms with Crippen LogP contribution in [0, 0.1) is 34.5 Å². The lowest BCUT2D eigenvalue weighted by atomic mass is 9.47. The Morgan fingerprint density at radius 3 is 2.52 bits per heavy atom. The minimum absolute atomic E-state index is 0.0249. The van der Waals surface area contributed by atoms with Crippen molar-refractivity contribution in [2.45, 2.75) is 77.9 Å². The van der Waals surface area contributed by atoms with Gasteiger partial charge in [0.05, 0.1) is 12.2 Å². The molecule has 0 aromatic carbocycles. The second-order valence-electron chi connectivity index (χ2n) is 9.48. The highest BCUT2D eigenvalue weighted by molar-refractivity contribution is 5.28. The van der Waals surface area contributed by atoms with Crippen LogP contribution in [0.4, 0.5) is 4.39 Å². The van der Waals surface area contributed by atoms with E-state index in [0.717, 1.165) is 37.7 Å². The lowest BCUT2D eigenvalue weighted by molar-refractivity contribution is -0.0789. The SMILES string of the molecule is C[C@@H]1C[C@H]2[C@@H]3CC(F)=C4CC(O)CC[C@]4(C)[C@H]3CC[C@]2(C)C1O. The van der Waals surface area contributed by atoms with E-state index in [2.05, 4.69) is 20.8 Å². The molecule has 4 aliphatic carbocycles. The Hall–Kier alpha value is -0.410. The maximum Gasteiger partial charge on any atom is 0.100 e. The van der Waals surface area contributed by atoms with Crippen LogP contribution in [0.3, 0.4) is 0 Å². The van der Waals surface area contributed by atoms with E-state index in [1.807, 2.05) is 0 Å². The smallest absolute Gasteiger partial charge is 0.100 e. The van der Waals surface area contributed by atoms with E-state index in [-0.39, 0.29) is 28.9 Å². The van der Waals surface area contributed by atoms with Gasteiger partial charge in [-0.2, -0.15) is 0 Å². The average Bonchev–Trinajstić information content (AvgIpc) is 2.73. The number of aliphatic hydroxyl groups excluding tert-OH is 2. The zero-order valence-corrected chi connectivity index (χ0v) is 14.7. The van der Waals surface area contributed by atoms with Gasteiger partial charge in [-0.05, 0) is 78.6 Å². The van der Waals surface area contributed by atoms with Crippen LogP contribution in [0.25, 0.3) is 0 Å². The van der Waals surface area contributed by atoms with Crippen molar-refractivity contribution < 1.29 is 14.6 Å². The molecule has 2 N–H and O–H groups in total. The number of aliphatic hydroxyl groups is 2. The molecule has 0 heterocycles. The van der Waals surface area contributed by atoms with Gasteiger partial charge in [0.1, 0.15) is 5.83 Å². The van der Waals surface area contributed by atoms with Gasteiger partial charge in [0.2, 0.25) is 0 Å². The third-order valence-electron chi connectivity index (χ3n) is 8.40.